The van der Waals surface area contributed by atoms with Crippen molar-refractivity contribution in [3.63, 3.8) is 0 Å². The van der Waals surface area contributed by atoms with Gasteiger partial charge in [-0.1, -0.05) is 72.9 Å². The smallest absolute Gasteiger partial charge is 0.0803 e. The van der Waals surface area contributed by atoms with Crippen LogP contribution in [0.15, 0.2) is 85.3 Å². The number of hydrogen-bond donors (Lipinski definition) is 0. The van der Waals surface area contributed by atoms with Gasteiger partial charge in [0.15, 0.2) is 0 Å². The highest BCUT2D eigenvalue weighted by Gasteiger charge is 2.48. The maximum absolute atomic E-state index is 2.47. The predicted molar refractivity (Wildman–Crippen MR) is 109 cm³/mol. The van der Waals surface area contributed by atoms with Crippen molar-refractivity contribution < 1.29 is 0 Å². The van der Waals surface area contributed by atoms with Crippen LogP contribution in [0.4, 0.5) is 0 Å². The molecule has 4 rings (SSSR count). The van der Waals surface area contributed by atoms with E-state index in [1.54, 1.807) is 0 Å². The molecule has 3 unspecified atom stereocenters. The molecule has 0 saturated heterocycles. The summed E-state index contributed by atoms with van der Waals surface area (Å²) in [5.74, 6) is 0. The minimum Gasteiger partial charge on any atom is -0.283 e. The van der Waals surface area contributed by atoms with Crippen molar-refractivity contribution in [3.8, 4) is 0 Å². The summed E-state index contributed by atoms with van der Waals surface area (Å²) in [5.41, 5.74) is -0.237. The topological polar surface area (TPSA) is 9.72 Å². The molecule has 0 N–H and O–H groups in total. The summed E-state index contributed by atoms with van der Waals surface area (Å²) in [4.78, 5) is 0. The van der Waals surface area contributed by atoms with E-state index in [4.69, 9.17) is 0 Å². The van der Waals surface area contributed by atoms with Gasteiger partial charge in [0.25, 0.3) is 0 Å². The molecule has 3 aliphatic carbocycles. The Balaban J connectivity index is 1.75. The Morgan fingerprint density at radius 1 is 0.538 bits per heavy atom. The van der Waals surface area contributed by atoms with Crippen LogP contribution in [0.5, 0.6) is 0 Å². The average Bonchev–Trinajstić information content (AvgIpc) is 3.12. The fourth-order valence-electron chi connectivity index (χ4n) is 4.26. The molecule has 0 spiro atoms. The quantitative estimate of drug-likeness (QED) is 0.709. The van der Waals surface area contributed by atoms with Crippen LogP contribution in [0, 0.1) is 0 Å². The SMILES string of the molecule is CC1(N2C=CN(C3(C)C=CC=CC3)N2C2(C)C=CC=CC2)C=CC=CC1. The predicted octanol–water partition coefficient (Wildman–Crippen LogP) is 5.03. The van der Waals surface area contributed by atoms with Gasteiger partial charge in [-0.3, -0.25) is 10.0 Å². The lowest BCUT2D eigenvalue weighted by atomic mass is 9.89. The summed E-state index contributed by atoms with van der Waals surface area (Å²) in [6.45, 7) is 6.97. The van der Waals surface area contributed by atoms with Crippen LogP contribution in [-0.4, -0.2) is 31.8 Å². The highest BCUT2D eigenvalue weighted by molar-refractivity contribution is 5.27. The molecule has 136 valence electrons. The van der Waals surface area contributed by atoms with Gasteiger partial charge in [0.05, 0.1) is 16.6 Å². The average molecular weight is 348 g/mol. The summed E-state index contributed by atoms with van der Waals surface area (Å²) in [7, 11) is 0. The van der Waals surface area contributed by atoms with Gasteiger partial charge < -0.3 is 0 Å². The first-order valence-electron chi connectivity index (χ1n) is 9.57. The molecule has 3 heteroatoms. The lowest BCUT2D eigenvalue weighted by molar-refractivity contribution is -0.219. The van der Waals surface area contributed by atoms with Gasteiger partial charge in [0.1, 0.15) is 0 Å². The monoisotopic (exact) mass is 347 g/mol. The zero-order valence-corrected chi connectivity index (χ0v) is 16.0. The molecule has 0 amide bonds. The van der Waals surface area contributed by atoms with Crippen LogP contribution in [-0.2, 0) is 0 Å². The number of rotatable bonds is 3. The third-order valence-corrected chi connectivity index (χ3v) is 5.96. The molecular weight excluding hydrogens is 318 g/mol. The second kappa shape index (κ2) is 6.17. The molecule has 3 atom stereocenters. The second-order valence-corrected chi connectivity index (χ2v) is 8.32. The van der Waals surface area contributed by atoms with Crippen molar-refractivity contribution in [2.24, 2.45) is 0 Å². The van der Waals surface area contributed by atoms with E-state index in [0.29, 0.717) is 0 Å². The van der Waals surface area contributed by atoms with Crippen molar-refractivity contribution in [2.75, 3.05) is 0 Å². The fraction of sp³-hybridized carbons (Fsp3) is 0.391. The van der Waals surface area contributed by atoms with Gasteiger partial charge in [-0.25, -0.2) is 0 Å². The molecule has 0 aromatic heterocycles. The first kappa shape index (κ1) is 17.2. The van der Waals surface area contributed by atoms with Crippen LogP contribution >= 0.6 is 0 Å². The number of hydrazine groups is 2. The number of allylic oxidation sites excluding steroid dienone is 6. The molecule has 1 heterocycles. The highest BCUT2D eigenvalue weighted by Crippen LogP contribution is 2.42. The van der Waals surface area contributed by atoms with Crippen LogP contribution in [0.25, 0.3) is 0 Å². The highest BCUT2D eigenvalue weighted by atomic mass is 15.9. The van der Waals surface area contributed by atoms with Crippen molar-refractivity contribution >= 4 is 0 Å². The molecule has 0 aromatic carbocycles. The van der Waals surface area contributed by atoms with E-state index in [1.807, 2.05) is 0 Å². The maximum Gasteiger partial charge on any atom is 0.0803 e. The molecule has 3 nitrogen and oxygen atoms in total. The van der Waals surface area contributed by atoms with Gasteiger partial charge in [0.2, 0.25) is 0 Å². The van der Waals surface area contributed by atoms with E-state index in [2.05, 4.69) is 121 Å². The van der Waals surface area contributed by atoms with Gasteiger partial charge in [0, 0.05) is 12.4 Å². The molecule has 26 heavy (non-hydrogen) atoms. The van der Waals surface area contributed by atoms with E-state index < -0.39 is 0 Å². The summed E-state index contributed by atoms with van der Waals surface area (Å²) >= 11 is 0. The van der Waals surface area contributed by atoms with E-state index in [1.165, 1.54) is 0 Å². The number of nitrogens with zero attached hydrogens (tertiary/aromatic N) is 3. The maximum atomic E-state index is 2.47. The minimum absolute atomic E-state index is 0.0669. The number of hydrogen-bond acceptors (Lipinski definition) is 3. The van der Waals surface area contributed by atoms with Gasteiger partial charge >= 0.3 is 0 Å². The molecule has 0 bridgehead atoms. The summed E-state index contributed by atoms with van der Waals surface area (Å²) < 4.78 is 0. The summed E-state index contributed by atoms with van der Waals surface area (Å²) in [6, 6.07) is 0. The van der Waals surface area contributed by atoms with E-state index in [9.17, 15) is 0 Å². The lowest BCUT2D eigenvalue weighted by Crippen LogP contribution is -2.66. The molecular formula is C23H29N3. The van der Waals surface area contributed by atoms with E-state index >= 15 is 0 Å². The first-order valence-corrected chi connectivity index (χ1v) is 9.57. The third-order valence-electron chi connectivity index (χ3n) is 5.96. The van der Waals surface area contributed by atoms with Crippen molar-refractivity contribution in [1.82, 2.24) is 15.1 Å². The third kappa shape index (κ3) is 2.71. The van der Waals surface area contributed by atoms with Crippen LogP contribution in [0.1, 0.15) is 40.0 Å². The molecule has 0 saturated carbocycles. The Morgan fingerprint density at radius 3 is 1.27 bits per heavy atom. The Labute approximate surface area is 157 Å². The zero-order valence-electron chi connectivity index (χ0n) is 16.0. The van der Waals surface area contributed by atoms with Crippen LogP contribution in [0.3, 0.4) is 0 Å². The Hall–Kier alpha value is -2.26. The minimum atomic E-state index is -0.103. The largest absolute Gasteiger partial charge is 0.283 e. The fourth-order valence-corrected chi connectivity index (χ4v) is 4.26. The zero-order chi connectivity index (χ0) is 18.3. The standard InChI is InChI=1S/C23H29N3/c1-21(13-7-4-8-14-21)24-19-20-25(22(2)15-9-5-10-16-22)26(24)23(3)17-11-6-12-18-23/h4-13,15,17,19-20H,14,16,18H2,1-3H3. The molecule has 0 fully saturated rings. The van der Waals surface area contributed by atoms with Crippen LogP contribution in [0.2, 0.25) is 0 Å². The van der Waals surface area contributed by atoms with Gasteiger partial charge in [-0.2, -0.15) is 0 Å². The Morgan fingerprint density at radius 2 is 0.923 bits per heavy atom. The second-order valence-electron chi connectivity index (χ2n) is 8.32. The molecule has 0 aromatic rings. The Kier molecular flexibility index (Phi) is 4.07. The summed E-state index contributed by atoms with van der Waals surface area (Å²) in [6.07, 6.45) is 34.2. The Bertz CT molecular complexity index is 722. The van der Waals surface area contributed by atoms with E-state index in [0.717, 1.165) is 19.3 Å². The van der Waals surface area contributed by atoms with Crippen LogP contribution < -0.4 is 0 Å². The van der Waals surface area contributed by atoms with Crippen molar-refractivity contribution in [1.29, 1.82) is 0 Å². The van der Waals surface area contributed by atoms with Crippen molar-refractivity contribution in [2.45, 2.75) is 56.7 Å². The molecule has 1 aliphatic heterocycles. The van der Waals surface area contributed by atoms with Gasteiger partial charge in [-0.05, 0) is 40.0 Å². The molecule has 4 aliphatic rings. The normalized spacial score (nSPS) is 38.7. The summed E-state index contributed by atoms with van der Waals surface area (Å²) in [5, 5.41) is 7.32. The van der Waals surface area contributed by atoms with Gasteiger partial charge in [-0.15, -0.1) is 5.12 Å². The first-order chi connectivity index (χ1) is 12.5. The van der Waals surface area contributed by atoms with Crippen molar-refractivity contribution in [3.05, 3.63) is 85.3 Å². The lowest BCUT2D eigenvalue weighted by Gasteiger charge is -2.55. The molecule has 0 radical (unpaired) electrons. The van der Waals surface area contributed by atoms with E-state index in [-0.39, 0.29) is 16.6 Å².